The molecule has 101 heavy (non-hydrogen) atoms. The van der Waals surface area contributed by atoms with Gasteiger partial charge >= 0.3 is 17.9 Å². The zero-order valence-electron chi connectivity index (χ0n) is 51.0. The summed E-state index contributed by atoms with van der Waals surface area (Å²) in [6.07, 6.45) is -14.8. The van der Waals surface area contributed by atoms with E-state index in [0.717, 1.165) is 48.5 Å². The van der Waals surface area contributed by atoms with Crippen LogP contribution in [0.5, 0.6) is 155 Å². The van der Waals surface area contributed by atoms with Crippen LogP contribution in [-0.4, -0.2) is 159 Å². The van der Waals surface area contributed by atoms with E-state index in [-0.39, 0.29) is 27.8 Å². The Morgan fingerprint density at radius 3 is 0.782 bits per heavy atom. The van der Waals surface area contributed by atoms with Crippen molar-refractivity contribution in [1.82, 2.24) is 0 Å². The molecule has 3 heterocycles. The molecule has 0 aromatic heterocycles. The number of carbonyl (C=O) groups is 3. The number of aromatic hydroxyl groups is 24. The Labute approximate surface area is 562 Å². The standard InChI is InChI=1S/C68H54O33/c69-33-18-35(71)28-15-49(96-66(93)23-7-43(79)57(90)44(80)8-23)60(20-1-37(73)54(87)38(74)2-20)99-63(28)26(33)13-30-52(85)31(65-32(53(30)86)17-51(62(101-65)22-5-41(77)56(89)42(78)6-22)98-68(95)25-11-47(83)59(92)48(84)12-25)14-27-34(70)19-36(72)29-16-50(97-67(94)24-9-45(81)58(91)46(82)10-24)61(100-64(27)29)21-3-39(75)55(88)40(76)4-21/h1-12,18-19,49-51,60-62,69-92H,13-17H2/t49-,50-,51-,60-,61-,62-/m0/s1. The third-order valence-corrected chi connectivity index (χ3v) is 17.2. The average Bonchev–Trinajstić information content (AvgIpc) is 0.739. The normalized spacial score (nSPS) is 17.4. The summed E-state index contributed by atoms with van der Waals surface area (Å²) in [6, 6.07) is 10.8. The maximum Gasteiger partial charge on any atom is 0.338 e. The summed E-state index contributed by atoms with van der Waals surface area (Å²) in [5, 5.41) is 261. The molecule has 0 unspecified atom stereocenters. The fourth-order valence-electron chi connectivity index (χ4n) is 12.2. The number of rotatable bonds is 13. The molecule has 0 spiro atoms. The van der Waals surface area contributed by atoms with Crippen molar-refractivity contribution < 1.29 is 165 Å². The summed E-state index contributed by atoms with van der Waals surface area (Å²) in [7, 11) is 0. The molecule has 3 aliphatic rings. The van der Waals surface area contributed by atoms with Gasteiger partial charge in [-0.1, -0.05) is 0 Å². The second-order valence-electron chi connectivity index (χ2n) is 23.6. The topological polar surface area (TPSA) is 592 Å². The molecule has 33 heteroatoms. The summed E-state index contributed by atoms with van der Waals surface area (Å²) in [6.45, 7) is 0. The minimum atomic E-state index is -1.87. The Hall–Kier alpha value is -14.0. The van der Waals surface area contributed by atoms with Gasteiger partial charge in [-0.15, -0.1) is 0 Å². The summed E-state index contributed by atoms with van der Waals surface area (Å²) in [5.41, 5.74) is -5.96. The third kappa shape index (κ3) is 11.9. The average molecular weight is 1400 g/mol. The van der Waals surface area contributed by atoms with E-state index < -0.39 is 286 Å². The van der Waals surface area contributed by atoms with E-state index in [9.17, 15) is 137 Å². The Morgan fingerprint density at radius 1 is 0.267 bits per heavy atom. The predicted molar refractivity (Wildman–Crippen MR) is 332 cm³/mol. The summed E-state index contributed by atoms with van der Waals surface area (Å²) < 4.78 is 37.0. The first-order chi connectivity index (χ1) is 47.7. The van der Waals surface area contributed by atoms with Crippen LogP contribution in [-0.2, 0) is 46.3 Å². The molecule has 3 aliphatic heterocycles. The number of hydrogen-bond donors (Lipinski definition) is 24. The molecule has 0 radical (unpaired) electrons. The van der Waals surface area contributed by atoms with Crippen LogP contribution in [0.1, 0.15) is 105 Å². The van der Waals surface area contributed by atoms with Crippen molar-refractivity contribution in [3.63, 3.8) is 0 Å². The van der Waals surface area contributed by atoms with Gasteiger partial charge in [-0.25, -0.2) is 14.4 Å². The number of esters is 3. The van der Waals surface area contributed by atoms with Gasteiger partial charge in [-0.2, -0.15) is 0 Å². The van der Waals surface area contributed by atoms with E-state index >= 15 is 0 Å². The molecular weight excluding hydrogens is 1340 g/mol. The highest BCUT2D eigenvalue weighted by Gasteiger charge is 2.45. The number of phenolic OH excluding ortho intramolecular Hbond substituents is 24. The van der Waals surface area contributed by atoms with Gasteiger partial charge in [-0.3, -0.25) is 0 Å². The fourth-order valence-corrected chi connectivity index (χ4v) is 12.2. The summed E-state index contributed by atoms with van der Waals surface area (Å²) in [5.74, 6) is -29.1. The highest BCUT2D eigenvalue weighted by molar-refractivity contribution is 5.93. The van der Waals surface area contributed by atoms with E-state index in [0.29, 0.717) is 36.4 Å². The van der Waals surface area contributed by atoms with Gasteiger partial charge in [0.1, 0.15) is 70.1 Å². The molecule has 0 aliphatic carbocycles. The Bertz CT molecular complexity index is 4860. The number of ether oxygens (including phenoxy) is 6. The zero-order chi connectivity index (χ0) is 73.0. The molecule has 6 atom stereocenters. The molecule has 0 bridgehead atoms. The number of benzene rings is 9. The first-order valence-corrected chi connectivity index (χ1v) is 29.5. The van der Waals surface area contributed by atoms with Crippen molar-refractivity contribution in [2.75, 3.05) is 0 Å². The van der Waals surface area contributed by atoms with Crippen LogP contribution in [0.4, 0.5) is 0 Å². The molecule has 12 rings (SSSR count). The lowest BCUT2D eigenvalue weighted by atomic mass is 9.84. The van der Waals surface area contributed by atoms with Gasteiger partial charge < -0.3 is 151 Å². The number of phenols is 24. The van der Waals surface area contributed by atoms with E-state index in [1.54, 1.807) is 0 Å². The molecule has 524 valence electrons. The largest absolute Gasteiger partial charge is 0.507 e. The second-order valence-corrected chi connectivity index (χ2v) is 23.6. The Balaban J connectivity index is 1.04. The van der Waals surface area contributed by atoms with Gasteiger partial charge in [0.2, 0.25) is 0 Å². The Morgan fingerprint density at radius 2 is 0.505 bits per heavy atom. The summed E-state index contributed by atoms with van der Waals surface area (Å²) >= 11 is 0. The lowest BCUT2D eigenvalue weighted by Crippen LogP contribution is -2.36. The van der Waals surface area contributed by atoms with Crippen LogP contribution in [0.25, 0.3) is 0 Å². The van der Waals surface area contributed by atoms with Crippen molar-refractivity contribution >= 4 is 17.9 Å². The van der Waals surface area contributed by atoms with Crippen LogP contribution in [0, 0.1) is 0 Å². The quantitative estimate of drug-likeness (QED) is 0.0332. The minimum Gasteiger partial charge on any atom is -0.507 e. The van der Waals surface area contributed by atoms with Crippen LogP contribution >= 0.6 is 0 Å². The van der Waals surface area contributed by atoms with Crippen molar-refractivity contribution in [2.45, 2.75) is 68.7 Å². The second kappa shape index (κ2) is 24.9. The smallest absolute Gasteiger partial charge is 0.338 e. The molecule has 0 saturated carbocycles. The van der Waals surface area contributed by atoms with Gasteiger partial charge in [0.15, 0.2) is 122 Å². The van der Waals surface area contributed by atoms with Crippen molar-refractivity contribution in [1.29, 1.82) is 0 Å². The van der Waals surface area contributed by atoms with Crippen LogP contribution in [0.2, 0.25) is 0 Å². The first kappa shape index (κ1) is 67.0. The predicted octanol–water partition coefficient (Wildman–Crippen LogP) is 6.51. The molecule has 24 N–H and O–H groups in total. The van der Waals surface area contributed by atoms with Crippen LogP contribution < -0.4 is 14.2 Å². The number of fused-ring (bicyclic) bond motifs is 3. The molecule has 0 amide bonds. The van der Waals surface area contributed by atoms with E-state index in [1.807, 2.05) is 0 Å². The SMILES string of the molecule is O=C(O[C@H]1Cc2c(O)cc(O)c(Cc3c(O)c(Cc4c(O)cc(O)c5c4O[C@@H](c4cc(O)c(O)c(O)c4)[C@@H](OC(=O)c4cc(O)c(O)c(O)c4)C5)c4c(c3O)C[C@H](OC(=O)c3cc(O)c(O)c(O)c3)[C@H](c3cc(O)c(O)c(O)c3)O4)c2O[C@H]1c1cc(O)c(O)c(O)c1)c1cc(O)c(O)c(O)c1. The van der Waals surface area contributed by atoms with Crippen molar-refractivity contribution in [3.05, 3.63) is 157 Å². The fraction of sp³-hybridized carbons (Fsp3) is 0.162. The van der Waals surface area contributed by atoms with Crippen molar-refractivity contribution in [2.24, 2.45) is 0 Å². The third-order valence-electron chi connectivity index (χ3n) is 17.2. The van der Waals surface area contributed by atoms with E-state index in [2.05, 4.69) is 0 Å². The zero-order valence-corrected chi connectivity index (χ0v) is 51.0. The number of hydrogen-bond acceptors (Lipinski definition) is 33. The maximum atomic E-state index is 14.2. The maximum absolute atomic E-state index is 14.2. The molecule has 9 aromatic carbocycles. The van der Waals surface area contributed by atoms with Gasteiger partial charge in [0, 0.05) is 99.9 Å². The number of carbonyl (C=O) groups excluding carboxylic acids is 3. The molecule has 33 nitrogen and oxygen atoms in total. The lowest BCUT2D eigenvalue weighted by Gasteiger charge is -2.37. The van der Waals surface area contributed by atoms with Gasteiger partial charge in [0.05, 0.1) is 16.7 Å². The summed E-state index contributed by atoms with van der Waals surface area (Å²) in [4.78, 5) is 41.9. The highest BCUT2D eigenvalue weighted by Crippen LogP contribution is 2.57. The van der Waals surface area contributed by atoms with E-state index in [1.165, 1.54) is 0 Å². The molecule has 0 saturated heterocycles. The van der Waals surface area contributed by atoms with Crippen LogP contribution in [0.3, 0.4) is 0 Å². The van der Waals surface area contributed by atoms with Crippen LogP contribution in [0.15, 0.2) is 84.9 Å². The van der Waals surface area contributed by atoms with E-state index in [4.69, 9.17) is 28.4 Å². The molecular formula is C68H54O33. The molecule has 9 aromatic rings. The minimum absolute atomic E-state index is 0.295. The highest BCUT2D eigenvalue weighted by atomic mass is 16.6. The van der Waals surface area contributed by atoms with Gasteiger partial charge in [0.25, 0.3) is 0 Å². The lowest BCUT2D eigenvalue weighted by molar-refractivity contribution is -0.0197. The van der Waals surface area contributed by atoms with Gasteiger partial charge in [-0.05, 0) is 72.8 Å². The Kier molecular flexibility index (Phi) is 16.5. The first-order valence-electron chi connectivity index (χ1n) is 29.5. The monoisotopic (exact) mass is 1400 g/mol. The van der Waals surface area contributed by atoms with Crippen molar-refractivity contribution in [3.8, 4) is 155 Å². The molecule has 0 fully saturated rings.